The number of halogens is 1. The normalized spacial score (nSPS) is 17.3. The first-order valence-corrected chi connectivity index (χ1v) is 16.1. The van der Waals surface area contributed by atoms with Gasteiger partial charge in [-0.3, -0.25) is 0 Å². The molecule has 234 valence electrons. The Balaban J connectivity index is 1.39. The van der Waals surface area contributed by atoms with E-state index in [0.29, 0.717) is 18.8 Å². The molecule has 1 amide bonds. The van der Waals surface area contributed by atoms with Crippen LogP contribution in [0.3, 0.4) is 0 Å². The zero-order chi connectivity index (χ0) is 31.2. The van der Waals surface area contributed by atoms with Gasteiger partial charge in [-0.05, 0) is 77.6 Å². The van der Waals surface area contributed by atoms with Gasteiger partial charge in [0, 0.05) is 24.6 Å². The molecule has 1 saturated carbocycles. The second-order valence-electron chi connectivity index (χ2n) is 12.1. The van der Waals surface area contributed by atoms with Crippen LogP contribution in [0.1, 0.15) is 71.1 Å². The lowest BCUT2D eigenvalue weighted by molar-refractivity contribution is 0.0981. The van der Waals surface area contributed by atoms with Crippen LogP contribution in [0.2, 0.25) is 0 Å². The number of carbonyl (C=O) groups is 1. The molecular formula is C31H42FN5O5S. The monoisotopic (exact) mass is 615 g/mol. The number of sulfonamides is 1. The van der Waals surface area contributed by atoms with Crippen LogP contribution < -0.4 is 15.4 Å². The number of nitrogens with one attached hydrogen (secondary N) is 3. The zero-order valence-electron chi connectivity index (χ0n) is 25.4. The number of nitrogens with zero attached hydrogens (tertiary/aromatic N) is 2. The minimum absolute atomic E-state index is 0.00332. The van der Waals surface area contributed by atoms with E-state index in [1.165, 1.54) is 12.1 Å². The number of carbonyl (C=O) groups excluding carboxylic acids is 1. The van der Waals surface area contributed by atoms with Crippen molar-refractivity contribution in [3.8, 4) is 0 Å². The van der Waals surface area contributed by atoms with Crippen LogP contribution in [0.5, 0.6) is 0 Å². The first-order valence-electron chi connectivity index (χ1n) is 14.6. The van der Waals surface area contributed by atoms with Gasteiger partial charge in [-0.2, -0.15) is 5.10 Å². The van der Waals surface area contributed by atoms with Crippen molar-refractivity contribution in [2.45, 2.75) is 89.0 Å². The molecule has 43 heavy (non-hydrogen) atoms. The van der Waals surface area contributed by atoms with Gasteiger partial charge < -0.3 is 20.1 Å². The molecule has 10 nitrogen and oxygen atoms in total. The average Bonchev–Trinajstić information content (AvgIpc) is 3.57. The highest BCUT2D eigenvalue weighted by Gasteiger charge is 2.32. The fraction of sp³-hybridized carbons (Fsp3) is 0.484. The van der Waals surface area contributed by atoms with Gasteiger partial charge in [-0.25, -0.2) is 27.0 Å². The molecule has 1 aromatic heterocycles. The highest BCUT2D eigenvalue weighted by atomic mass is 32.2. The summed E-state index contributed by atoms with van der Waals surface area (Å²) in [6.07, 6.45) is 1.58. The standard InChI is InChI=1S/C31H42FN5O5S/c1-21(2)34-30(38)42-24-12-11-23(17-24)28-19-29(37(36-28)31(3,4)5)35-27-14-13-25(18-26(27)32)43(39,40)33-15-16-41-20-22-9-7-6-8-10-22/h6-10,13-14,18-19,21,23-24,33,35H,11-12,15-17,20H2,1-5H3,(H,34,38)/t23-,24+/m0/s1. The summed E-state index contributed by atoms with van der Waals surface area (Å²) < 4.78 is 56.1. The van der Waals surface area contributed by atoms with Gasteiger partial charge >= 0.3 is 6.09 Å². The molecule has 1 heterocycles. The molecule has 0 saturated heterocycles. The third-order valence-electron chi connectivity index (χ3n) is 7.01. The van der Waals surface area contributed by atoms with Crippen LogP contribution in [0.15, 0.2) is 59.5 Å². The minimum atomic E-state index is -3.93. The third-order valence-corrected chi connectivity index (χ3v) is 8.47. The summed E-state index contributed by atoms with van der Waals surface area (Å²) in [6.45, 7) is 10.3. The van der Waals surface area contributed by atoms with Gasteiger partial charge in [0.25, 0.3) is 0 Å². The van der Waals surface area contributed by atoms with Gasteiger partial charge in [-0.15, -0.1) is 0 Å². The lowest BCUT2D eigenvalue weighted by Crippen LogP contribution is -2.33. The van der Waals surface area contributed by atoms with Crippen LogP contribution in [-0.2, 0) is 31.6 Å². The van der Waals surface area contributed by atoms with E-state index in [0.717, 1.165) is 30.2 Å². The Kier molecular flexibility index (Phi) is 10.5. The Morgan fingerprint density at radius 3 is 2.53 bits per heavy atom. The second kappa shape index (κ2) is 13.9. The van der Waals surface area contributed by atoms with E-state index in [1.807, 2.05) is 71.0 Å². The van der Waals surface area contributed by atoms with Crippen LogP contribution in [0.4, 0.5) is 20.7 Å². The highest BCUT2D eigenvalue weighted by Crippen LogP contribution is 2.38. The summed E-state index contributed by atoms with van der Waals surface area (Å²) in [6, 6.07) is 15.2. The number of alkyl carbamates (subject to hydrolysis) is 1. The highest BCUT2D eigenvalue weighted by molar-refractivity contribution is 7.89. The molecule has 2 atom stereocenters. The summed E-state index contributed by atoms with van der Waals surface area (Å²) in [4.78, 5) is 11.9. The molecule has 4 rings (SSSR count). The molecule has 1 aliphatic rings. The maximum Gasteiger partial charge on any atom is 0.407 e. The summed E-state index contributed by atoms with van der Waals surface area (Å²) in [5, 5.41) is 10.7. The van der Waals surface area contributed by atoms with Gasteiger partial charge in [0.2, 0.25) is 10.0 Å². The maximum atomic E-state index is 15.2. The van der Waals surface area contributed by atoms with E-state index in [1.54, 1.807) is 4.68 Å². The number of ether oxygens (including phenoxy) is 2. The molecule has 0 bridgehead atoms. The van der Waals surface area contributed by atoms with E-state index < -0.39 is 27.5 Å². The van der Waals surface area contributed by atoms with Crippen molar-refractivity contribution in [3.63, 3.8) is 0 Å². The van der Waals surface area contributed by atoms with Crippen LogP contribution in [0, 0.1) is 5.82 Å². The van der Waals surface area contributed by atoms with E-state index >= 15 is 4.39 Å². The van der Waals surface area contributed by atoms with Crippen molar-refractivity contribution in [2.24, 2.45) is 0 Å². The fourth-order valence-electron chi connectivity index (χ4n) is 4.93. The smallest absolute Gasteiger partial charge is 0.407 e. The number of amides is 1. The fourth-order valence-corrected chi connectivity index (χ4v) is 5.96. The van der Waals surface area contributed by atoms with E-state index in [2.05, 4.69) is 15.4 Å². The first kappa shape index (κ1) is 32.4. The Hall–Kier alpha value is -3.48. The second-order valence-corrected chi connectivity index (χ2v) is 13.8. The van der Waals surface area contributed by atoms with Crippen LogP contribution >= 0.6 is 0 Å². The minimum Gasteiger partial charge on any atom is -0.446 e. The van der Waals surface area contributed by atoms with E-state index in [-0.39, 0.29) is 41.8 Å². The number of hydrogen-bond donors (Lipinski definition) is 3. The van der Waals surface area contributed by atoms with Crippen LogP contribution in [-0.4, -0.2) is 49.6 Å². The molecule has 12 heteroatoms. The zero-order valence-corrected chi connectivity index (χ0v) is 26.2. The summed E-state index contributed by atoms with van der Waals surface area (Å²) in [7, 11) is -3.93. The van der Waals surface area contributed by atoms with Crippen molar-refractivity contribution in [2.75, 3.05) is 18.5 Å². The number of rotatable bonds is 12. The topological polar surface area (TPSA) is 124 Å². The van der Waals surface area contributed by atoms with Crippen molar-refractivity contribution in [1.82, 2.24) is 19.8 Å². The van der Waals surface area contributed by atoms with Gasteiger partial charge in [0.1, 0.15) is 17.7 Å². The number of hydrogen-bond acceptors (Lipinski definition) is 7. The molecular weight excluding hydrogens is 573 g/mol. The van der Waals surface area contributed by atoms with Crippen molar-refractivity contribution < 1.29 is 27.1 Å². The Morgan fingerprint density at radius 1 is 1.12 bits per heavy atom. The molecule has 3 aromatic rings. The molecule has 0 unspecified atom stereocenters. The Morgan fingerprint density at radius 2 is 1.86 bits per heavy atom. The van der Waals surface area contributed by atoms with Crippen molar-refractivity contribution in [1.29, 1.82) is 0 Å². The lowest BCUT2D eigenvalue weighted by atomic mass is 10.0. The SMILES string of the molecule is CC(C)NC(=O)O[C@@H]1CC[C@H](c2cc(Nc3ccc(S(=O)(=O)NCCOCc4ccccc4)cc3F)n(C(C)(C)C)n2)C1. The van der Waals surface area contributed by atoms with Crippen molar-refractivity contribution in [3.05, 3.63) is 71.7 Å². The Bertz CT molecular complexity index is 1490. The Labute approximate surface area is 253 Å². The molecule has 0 radical (unpaired) electrons. The maximum absolute atomic E-state index is 15.2. The van der Waals surface area contributed by atoms with Crippen LogP contribution in [0.25, 0.3) is 0 Å². The quantitative estimate of drug-likeness (QED) is 0.221. The predicted molar refractivity (Wildman–Crippen MR) is 163 cm³/mol. The third kappa shape index (κ3) is 9.01. The molecule has 1 aliphatic carbocycles. The molecule has 2 aromatic carbocycles. The van der Waals surface area contributed by atoms with Crippen molar-refractivity contribution >= 4 is 27.6 Å². The van der Waals surface area contributed by atoms with Gasteiger partial charge in [0.15, 0.2) is 0 Å². The van der Waals surface area contributed by atoms with Gasteiger partial charge in [-0.1, -0.05) is 30.3 Å². The lowest BCUT2D eigenvalue weighted by Gasteiger charge is -2.23. The largest absolute Gasteiger partial charge is 0.446 e. The first-order chi connectivity index (χ1) is 20.3. The number of anilines is 2. The predicted octanol–water partition coefficient (Wildman–Crippen LogP) is 5.79. The molecule has 1 fully saturated rings. The number of aromatic nitrogens is 2. The summed E-state index contributed by atoms with van der Waals surface area (Å²) in [5.41, 5.74) is 1.52. The van der Waals surface area contributed by atoms with Gasteiger partial charge in [0.05, 0.1) is 35.0 Å². The summed E-state index contributed by atoms with van der Waals surface area (Å²) in [5.74, 6) is -0.0503. The molecule has 0 aliphatic heterocycles. The average molecular weight is 616 g/mol. The van der Waals surface area contributed by atoms with E-state index in [9.17, 15) is 13.2 Å². The molecule has 0 spiro atoms. The number of benzene rings is 2. The molecule has 3 N–H and O–H groups in total. The summed E-state index contributed by atoms with van der Waals surface area (Å²) >= 11 is 0. The van der Waals surface area contributed by atoms with E-state index in [4.69, 9.17) is 14.6 Å².